The van der Waals surface area contributed by atoms with Crippen molar-refractivity contribution >= 4 is 33.7 Å². The summed E-state index contributed by atoms with van der Waals surface area (Å²) in [6, 6.07) is 19.2. The molecule has 0 radical (unpaired) electrons. The predicted octanol–water partition coefficient (Wildman–Crippen LogP) is 5.75. The highest BCUT2D eigenvalue weighted by molar-refractivity contribution is 6.49. The number of aliphatic imine (C=N–C) groups is 1. The van der Waals surface area contributed by atoms with Crippen LogP contribution < -0.4 is 0 Å². The van der Waals surface area contributed by atoms with Gasteiger partial charge in [0.25, 0.3) is 5.91 Å². The van der Waals surface area contributed by atoms with E-state index in [9.17, 15) is 9.59 Å². The first-order chi connectivity index (χ1) is 14.2. The molecule has 29 heavy (non-hydrogen) atoms. The van der Waals surface area contributed by atoms with Crippen LogP contribution in [-0.2, 0) is 4.79 Å². The molecule has 142 valence electrons. The molecule has 0 saturated heterocycles. The molecule has 0 aromatic heterocycles. The number of carbonyl (C=O) groups excluding carboxylic acids is 2. The summed E-state index contributed by atoms with van der Waals surface area (Å²) < 4.78 is 0. The number of fused-ring (bicyclic) bond motifs is 3. The molecule has 0 saturated carbocycles. The number of allylic oxidation sites excluding steroid dienone is 1. The van der Waals surface area contributed by atoms with Gasteiger partial charge in [0.15, 0.2) is 5.78 Å². The largest absolute Gasteiger partial charge is 0.289 e. The molecule has 1 amide bonds. The number of carbonyl (C=O) groups is 2. The lowest BCUT2D eigenvalue weighted by atomic mass is 9.93. The molecular formula is C26H21NO2. The van der Waals surface area contributed by atoms with Crippen molar-refractivity contribution in [2.45, 2.75) is 32.6 Å². The lowest BCUT2D eigenvalue weighted by Crippen LogP contribution is -2.03. The highest BCUT2D eigenvalue weighted by Crippen LogP contribution is 2.44. The monoisotopic (exact) mass is 379 g/mol. The van der Waals surface area contributed by atoms with Crippen molar-refractivity contribution in [3.8, 4) is 0 Å². The third-order valence-electron chi connectivity index (χ3n) is 5.89. The molecule has 3 nitrogen and oxygen atoms in total. The van der Waals surface area contributed by atoms with Gasteiger partial charge in [-0.1, -0.05) is 74.4 Å². The molecule has 0 atom stereocenters. The molecule has 0 N–H and O–H groups in total. The van der Waals surface area contributed by atoms with Crippen molar-refractivity contribution < 1.29 is 9.59 Å². The van der Waals surface area contributed by atoms with Crippen molar-refractivity contribution in [1.82, 2.24) is 0 Å². The molecule has 1 aliphatic carbocycles. The van der Waals surface area contributed by atoms with Crippen molar-refractivity contribution in [3.63, 3.8) is 0 Å². The quantitative estimate of drug-likeness (QED) is 0.404. The number of hydrogen-bond acceptors (Lipinski definition) is 2. The second-order valence-electron chi connectivity index (χ2n) is 7.66. The standard InChI is InChI=1S/C26H21NO2/c1-2-3-5-11-21-23-19-15-14-18(25(28)16-9-6-4-7-10-16)17-12-8-13-20(22(17)19)24(23)27-26(21)29/h4,6-10,12-15H,2-3,5,11H2,1H3. The third kappa shape index (κ3) is 2.69. The number of benzene rings is 3. The van der Waals surface area contributed by atoms with Gasteiger partial charge in [-0.2, -0.15) is 0 Å². The van der Waals surface area contributed by atoms with Gasteiger partial charge in [0.2, 0.25) is 0 Å². The fourth-order valence-corrected chi connectivity index (χ4v) is 4.50. The van der Waals surface area contributed by atoms with Gasteiger partial charge in [-0.25, -0.2) is 4.99 Å². The first-order valence-electron chi connectivity index (χ1n) is 10.2. The zero-order chi connectivity index (χ0) is 20.0. The van der Waals surface area contributed by atoms with Gasteiger partial charge in [0.05, 0.1) is 5.71 Å². The maximum atomic E-state index is 13.1. The van der Waals surface area contributed by atoms with Gasteiger partial charge in [-0.3, -0.25) is 9.59 Å². The Morgan fingerprint density at radius 3 is 2.52 bits per heavy atom. The van der Waals surface area contributed by atoms with Crippen LogP contribution in [0.2, 0.25) is 0 Å². The number of amides is 1. The summed E-state index contributed by atoms with van der Waals surface area (Å²) in [7, 11) is 0. The summed E-state index contributed by atoms with van der Waals surface area (Å²) in [5, 5.41) is 1.97. The van der Waals surface area contributed by atoms with Gasteiger partial charge in [0.1, 0.15) is 0 Å². The Morgan fingerprint density at radius 1 is 0.897 bits per heavy atom. The van der Waals surface area contributed by atoms with Crippen LogP contribution in [0.3, 0.4) is 0 Å². The molecule has 0 spiro atoms. The number of ketones is 1. The van der Waals surface area contributed by atoms with E-state index in [1.807, 2.05) is 60.7 Å². The molecule has 3 aromatic carbocycles. The zero-order valence-electron chi connectivity index (χ0n) is 16.4. The van der Waals surface area contributed by atoms with E-state index < -0.39 is 0 Å². The lowest BCUT2D eigenvalue weighted by Gasteiger charge is -2.09. The fourth-order valence-electron chi connectivity index (χ4n) is 4.50. The Morgan fingerprint density at radius 2 is 1.72 bits per heavy atom. The van der Waals surface area contributed by atoms with E-state index in [1.54, 1.807) is 0 Å². The Labute approximate surface area is 169 Å². The van der Waals surface area contributed by atoms with E-state index in [0.29, 0.717) is 11.1 Å². The first-order valence-corrected chi connectivity index (χ1v) is 10.2. The zero-order valence-corrected chi connectivity index (χ0v) is 16.4. The predicted molar refractivity (Wildman–Crippen MR) is 116 cm³/mol. The second-order valence-corrected chi connectivity index (χ2v) is 7.66. The minimum absolute atomic E-state index is 0.0153. The minimum atomic E-state index is -0.0989. The summed E-state index contributed by atoms with van der Waals surface area (Å²) in [5.74, 6) is -0.0836. The third-order valence-corrected chi connectivity index (χ3v) is 5.89. The SMILES string of the molecule is CCCCCC1=C2C(=NC1=O)c1cccc3c(C(=O)c4ccccc4)ccc2c13. The Kier molecular flexibility index (Phi) is 4.24. The fraction of sp³-hybridized carbons (Fsp3) is 0.192. The maximum absolute atomic E-state index is 13.1. The summed E-state index contributed by atoms with van der Waals surface area (Å²) >= 11 is 0. The van der Waals surface area contributed by atoms with Gasteiger partial charge >= 0.3 is 0 Å². The van der Waals surface area contributed by atoms with Gasteiger partial charge in [-0.05, 0) is 35.2 Å². The lowest BCUT2D eigenvalue weighted by molar-refractivity contribution is -0.114. The summed E-state index contributed by atoms with van der Waals surface area (Å²) in [5.41, 5.74) is 5.97. The highest BCUT2D eigenvalue weighted by atomic mass is 16.1. The van der Waals surface area contributed by atoms with Crippen LogP contribution in [0.15, 0.2) is 71.2 Å². The van der Waals surface area contributed by atoms with Crippen LogP contribution in [0.25, 0.3) is 16.3 Å². The molecule has 5 rings (SSSR count). The topological polar surface area (TPSA) is 46.5 Å². The molecule has 1 aliphatic heterocycles. The Balaban J connectivity index is 1.68. The van der Waals surface area contributed by atoms with Crippen LogP contribution in [0, 0.1) is 0 Å². The summed E-state index contributed by atoms with van der Waals surface area (Å²) in [6.45, 7) is 2.16. The van der Waals surface area contributed by atoms with Crippen molar-refractivity contribution in [2.24, 2.45) is 4.99 Å². The van der Waals surface area contributed by atoms with Crippen LogP contribution in [0.1, 0.15) is 59.7 Å². The van der Waals surface area contributed by atoms with E-state index in [0.717, 1.165) is 64.4 Å². The van der Waals surface area contributed by atoms with Crippen molar-refractivity contribution in [2.75, 3.05) is 0 Å². The van der Waals surface area contributed by atoms with Gasteiger partial charge in [0, 0.05) is 27.8 Å². The molecule has 0 unspecified atom stereocenters. The van der Waals surface area contributed by atoms with Crippen molar-refractivity contribution in [3.05, 3.63) is 88.5 Å². The van der Waals surface area contributed by atoms with Gasteiger partial charge in [-0.15, -0.1) is 0 Å². The number of nitrogens with zero attached hydrogens (tertiary/aromatic N) is 1. The number of unbranched alkanes of at least 4 members (excludes halogenated alkanes) is 2. The Hall–Kier alpha value is -3.33. The van der Waals surface area contributed by atoms with E-state index in [4.69, 9.17) is 0 Å². The van der Waals surface area contributed by atoms with E-state index in [-0.39, 0.29) is 11.7 Å². The maximum Gasteiger partial charge on any atom is 0.274 e. The smallest absolute Gasteiger partial charge is 0.274 e. The van der Waals surface area contributed by atoms with Crippen LogP contribution >= 0.6 is 0 Å². The summed E-state index contributed by atoms with van der Waals surface area (Å²) in [6.07, 6.45) is 3.97. The van der Waals surface area contributed by atoms with Crippen molar-refractivity contribution in [1.29, 1.82) is 0 Å². The molecular weight excluding hydrogens is 358 g/mol. The molecule has 3 aromatic rings. The normalized spacial score (nSPS) is 14.5. The van der Waals surface area contributed by atoms with Crippen LogP contribution in [0.5, 0.6) is 0 Å². The Bertz CT molecular complexity index is 1230. The number of rotatable bonds is 6. The average molecular weight is 379 g/mol. The first kappa shape index (κ1) is 17.7. The van der Waals surface area contributed by atoms with Gasteiger partial charge < -0.3 is 0 Å². The van der Waals surface area contributed by atoms with Crippen LogP contribution in [-0.4, -0.2) is 17.4 Å². The minimum Gasteiger partial charge on any atom is -0.289 e. The number of hydrogen-bond donors (Lipinski definition) is 0. The summed E-state index contributed by atoms with van der Waals surface area (Å²) in [4.78, 5) is 30.1. The molecule has 2 aliphatic rings. The van der Waals surface area contributed by atoms with E-state index in [1.165, 1.54) is 0 Å². The van der Waals surface area contributed by atoms with Crippen LogP contribution in [0.4, 0.5) is 0 Å². The molecule has 0 bridgehead atoms. The van der Waals surface area contributed by atoms with E-state index in [2.05, 4.69) is 11.9 Å². The van der Waals surface area contributed by atoms with E-state index >= 15 is 0 Å². The second kappa shape index (κ2) is 6.93. The highest BCUT2D eigenvalue weighted by Gasteiger charge is 2.35. The average Bonchev–Trinajstić information content (AvgIpc) is 3.24. The molecule has 0 fully saturated rings. The molecule has 1 heterocycles. The molecule has 3 heteroatoms.